The second kappa shape index (κ2) is 8.38. The maximum absolute atomic E-state index is 14.4. The van der Waals surface area contributed by atoms with Gasteiger partial charge in [0.2, 0.25) is 5.82 Å². The first-order valence-corrected chi connectivity index (χ1v) is 9.90. The molecule has 27 heavy (non-hydrogen) atoms. The van der Waals surface area contributed by atoms with E-state index < -0.39 is 35.2 Å². The molecular formula is C21H32F4O2. The van der Waals surface area contributed by atoms with Crippen molar-refractivity contribution >= 4 is 0 Å². The van der Waals surface area contributed by atoms with Gasteiger partial charge in [0.05, 0.1) is 18.8 Å². The van der Waals surface area contributed by atoms with Crippen molar-refractivity contribution < 1.29 is 29.9 Å². The van der Waals surface area contributed by atoms with Crippen LogP contribution >= 0.6 is 0 Å². The molecule has 3 rings (SSSR count). The fourth-order valence-corrected chi connectivity index (χ4v) is 4.62. The number of halogens is 4. The van der Waals surface area contributed by atoms with Crippen molar-refractivity contribution in [2.24, 2.45) is 17.8 Å². The topological polar surface area (TPSA) is 18.5 Å². The maximum atomic E-state index is 14.4. The van der Waals surface area contributed by atoms with Gasteiger partial charge in [-0.25, -0.2) is 4.39 Å². The first kappa shape index (κ1) is 20.4. The van der Waals surface area contributed by atoms with E-state index in [1.165, 1.54) is 25.7 Å². The molecule has 1 aromatic carbocycles. The number of alkyl halides is 2. The molecule has 0 N–H and O–H groups in total. The zero-order valence-corrected chi connectivity index (χ0v) is 15.9. The number of benzene rings is 1. The molecule has 2 fully saturated rings. The van der Waals surface area contributed by atoms with E-state index in [0.29, 0.717) is 24.7 Å². The molecule has 156 valence electrons. The van der Waals surface area contributed by atoms with Gasteiger partial charge in [0.25, 0.3) is 0 Å². The van der Waals surface area contributed by atoms with Gasteiger partial charge in [0.1, 0.15) is 0 Å². The van der Waals surface area contributed by atoms with E-state index >= 15 is 0 Å². The molecule has 0 amide bonds. The molecule has 0 aliphatic heterocycles. The minimum absolute atomic E-state index is 0. The van der Waals surface area contributed by atoms with Crippen molar-refractivity contribution in [2.45, 2.75) is 70.5 Å². The third-order valence-corrected chi connectivity index (χ3v) is 6.34. The maximum Gasteiger partial charge on any atom is 0.386 e. The highest BCUT2D eigenvalue weighted by Gasteiger charge is 2.41. The van der Waals surface area contributed by atoms with Crippen LogP contribution in [0.25, 0.3) is 0 Å². The lowest BCUT2D eigenvalue weighted by Crippen LogP contribution is -2.33. The summed E-state index contributed by atoms with van der Waals surface area (Å²) in [5.41, 5.74) is -1.08. The molecule has 2 aliphatic carbocycles. The lowest BCUT2D eigenvalue weighted by molar-refractivity contribution is -0.280. The van der Waals surface area contributed by atoms with E-state index in [0.717, 1.165) is 38.0 Å². The summed E-state index contributed by atoms with van der Waals surface area (Å²) in [5, 5.41) is 0. The molecule has 0 unspecified atom stereocenters. The Bertz CT molecular complexity index is 644. The van der Waals surface area contributed by atoms with Gasteiger partial charge in [-0.2, -0.15) is 13.2 Å². The predicted octanol–water partition coefficient (Wildman–Crippen LogP) is 6.92. The molecule has 0 spiro atoms. The second-order valence-electron chi connectivity index (χ2n) is 8.13. The van der Waals surface area contributed by atoms with E-state index in [2.05, 4.69) is 11.7 Å². The number of hydrogen-bond donors (Lipinski definition) is 0. The average molecular weight is 392 g/mol. The Morgan fingerprint density at radius 2 is 1.44 bits per heavy atom. The van der Waals surface area contributed by atoms with Crippen molar-refractivity contribution in [1.82, 2.24) is 0 Å². The van der Waals surface area contributed by atoms with Crippen LogP contribution in [-0.4, -0.2) is 13.2 Å². The molecule has 0 atom stereocenters. The fourth-order valence-electron chi connectivity index (χ4n) is 4.62. The normalized spacial score (nSPS) is 29.6. The largest absolute Gasteiger partial charge is 0.494 e. The van der Waals surface area contributed by atoms with E-state index in [1.54, 1.807) is 0 Å². The summed E-state index contributed by atoms with van der Waals surface area (Å²) < 4.78 is 66.2. The number of ether oxygens (including phenoxy) is 2. The SMILES string of the molecule is COc1ccc(C(F)(F)OC2CCC(C3CCC(C)CC3)CC2)c(F)c1F.[HH].[HH]. The third-order valence-electron chi connectivity index (χ3n) is 6.34. The Morgan fingerprint density at radius 1 is 0.889 bits per heavy atom. The molecular weight excluding hydrogens is 360 g/mol. The van der Waals surface area contributed by atoms with Gasteiger partial charge in [-0.15, -0.1) is 0 Å². The highest BCUT2D eigenvalue weighted by Crippen LogP contribution is 2.43. The van der Waals surface area contributed by atoms with Crippen LogP contribution in [0.3, 0.4) is 0 Å². The van der Waals surface area contributed by atoms with Crippen LogP contribution in [0.4, 0.5) is 17.6 Å². The average Bonchev–Trinajstić information content (AvgIpc) is 2.65. The minimum atomic E-state index is -3.87. The molecule has 6 heteroatoms. The molecule has 0 bridgehead atoms. The molecule has 0 aromatic heterocycles. The monoisotopic (exact) mass is 392 g/mol. The predicted molar refractivity (Wildman–Crippen MR) is 99.0 cm³/mol. The van der Waals surface area contributed by atoms with Crippen LogP contribution in [0, 0.1) is 29.4 Å². The fraction of sp³-hybridized carbons (Fsp3) is 0.714. The van der Waals surface area contributed by atoms with Crippen molar-refractivity contribution in [1.29, 1.82) is 0 Å². The highest BCUT2D eigenvalue weighted by atomic mass is 19.3. The molecule has 2 aliphatic rings. The molecule has 0 saturated heterocycles. The minimum Gasteiger partial charge on any atom is -0.494 e. The van der Waals surface area contributed by atoms with Crippen LogP contribution in [0.1, 0.15) is 66.7 Å². The summed E-state index contributed by atoms with van der Waals surface area (Å²) in [5.74, 6) is -1.40. The summed E-state index contributed by atoms with van der Waals surface area (Å²) in [6.07, 6.45) is 3.24. The van der Waals surface area contributed by atoms with Crippen LogP contribution in [0.2, 0.25) is 0 Å². The first-order valence-electron chi connectivity index (χ1n) is 9.90. The van der Waals surface area contributed by atoms with E-state index in [-0.39, 0.29) is 2.85 Å². The first-order chi connectivity index (χ1) is 12.8. The Hall–Kier alpha value is -1.30. The van der Waals surface area contributed by atoms with Crippen molar-refractivity contribution in [3.63, 3.8) is 0 Å². The van der Waals surface area contributed by atoms with Gasteiger partial charge < -0.3 is 9.47 Å². The number of hydrogen-bond acceptors (Lipinski definition) is 2. The second-order valence-corrected chi connectivity index (χ2v) is 8.13. The molecule has 0 radical (unpaired) electrons. The summed E-state index contributed by atoms with van der Waals surface area (Å²) in [6, 6.07) is 1.82. The number of methoxy groups -OCH3 is 1. The Kier molecular flexibility index (Phi) is 6.34. The van der Waals surface area contributed by atoms with Crippen LogP contribution < -0.4 is 4.74 Å². The Balaban J connectivity index is 0.00000210. The lowest BCUT2D eigenvalue weighted by Gasteiger charge is -2.37. The van der Waals surface area contributed by atoms with Gasteiger partial charge in [-0.3, -0.25) is 0 Å². The summed E-state index contributed by atoms with van der Waals surface area (Å²) in [4.78, 5) is 0. The van der Waals surface area contributed by atoms with E-state index in [9.17, 15) is 17.6 Å². The lowest BCUT2D eigenvalue weighted by atomic mass is 9.71. The Morgan fingerprint density at radius 3 is 2.00 bits per heavy atom. The van der Waals surface area contributed by atoms with Gasteiger partial charge in [0.15, 0.2) is 11.6 Å². The van der Waals surface area contributed by atoms with Gasteiger partial charge >= 0.3 is 6.11 Å². The zero-order chi connectivity index (χ0) is 19.6. The third kappa shape index (κ3) is 4.58. The van der Waals surface area contributed by atoms with Gasteiger partial charge in [0, 0.05) is 2.85 Å². The summed E-state index contributed by atoms with van der Waals surface area (Å²) in [6.45, 7) is 2.28. The van der Waals surface area contributed by atoms with Gasteiger partial charge in [-0.05, 0) is 68.4 Å². The summed E-state index contributed by atoms with van der Waals surface area (Å²) >= 11 is 0. The van der Waals surface area contributed by atoms with Crippen molar-refractivity contribution in [3.05, 3.63) is 29.3 Å². The van der Waals surface area contributed by atoms with E-state index in [4.69, 9.17) is 4.74 Å². The molecule has 2 nitrogen and oxygen atoms in total. The molecule has 2 saturated carbocycles. The van der Waals surface area contributed by atoms with E-state index in [1.807, 2.05) is 0 Å². The van der Waals surface area contributed by atoms with Crippen LogP contribution in [0.15, 0.2) is 12.1 Å². The van der Waals surface area contributed by atoms with Crippen molar-refractivity contribution in [3.8, 4) is 5.75 Å². The van der Waals surface area contributed by atoms with Crippen LogP contribution in [-0.2, 0) is 10.8 Å². The summed E-state index contributed by atoms with van der Waals surface area (Å²) in [7, 11) is 1.15. The zero-order valence-electron chi connectivity index (χ0n) is 15.9. The standard InChI is InChI=1S/C21H28F4O2.2H2/c1-13-3-5-14(6-4-13)15-7-9-16(10-8-15)27-21(24,25)17-11-12-18(26-2)20(23)19(17)22;;/h11-16H,3-10H2,1-2H3;2*1H. The Labute approximate surface area is 161 Å². The smallest absolute Gasteiger partial charge is 0.386 e. The molecule has 1 aromatic rings. The quantitative estimate of drug-likeness (QED) is 0.507. The van der Waals surface area contributed by atoms with Crippen LogP contribution in [0.5, 0.6) is 5.75 Å². The van der Waals surface area contributed by atoms with Gasteiger partial charge in [-0.1, -0.05) is 19.8 Å². The van der Waals surface area contributed by atoms with Crippen molar-refractivity contribution in [2.75, 3.05) is 7.11 Å². The molecule has 0 heterocycles. The highest BCUT2D eigenvalue weighted by molar-refractivity contribution is 5.32. The number of rotatable bonds is 5.